The summed E-state index contributed by atoms with van der Waals surface area (Å²) in [6.45, 7) is 6.29. The summed E-state index contributed by atoms with van der Waals surface area (Å²) in [5.41, 5.74) is 3.26. The zero-order chi connectivity index (χ0) is 13.7. The molecule has 2 rings (SSSR count). The van der Waals surface area contributed by atoms with E-state index in [1.54, 1.807) is 0 Å². The smallest absolute Gasteiger partial charge is 0.226 e. The summed E-state index contributed by atoms with van der Waals surface area (Å²) in [5.74, 6) is 0.0481. The molecular formula is C15H23ClN2O2. The third kappa shape index (κ3) is 4.47. The number of hydrogen-bond acceptors (Lipinski definition) is 3. The topological polar surface area (TPSA) is 50.4 Å². The van der Waals surface area contributed by atoms with Crippen molar-refractivity contribution < 1.29 is 9.53 Å². The molecule has 2 N–H and O–H groups in total. The van der Waals surface area contributed by atoms with Crippen LogP contribution in [0.15, 0.2) is 18.2 Å². The predicted octanol–water partition coefficient (Wildman–Crippen LogP) is 2.30. The largest absolute Gasteiger partial charge is 0.378 e. The van der Waals surface area contributed by atoms with Crippen LogP contribution in [-0.2, 0) is 16.0 Å². The number of halogens is 1. The van der Waals surface area contributed by atoms with Gasteiger partial charge in [-0.1, -0.05) is 25.1 Å². The van der Waals surface area contributed by atoms with Crippen LogP contribution in [0.2, 0.25) is 0 Å². The van der Waals surface area contributed by atoms with Crippen LogP contribution < -0.4 is 10.6 Å². The highest BCUT2D eigenvalue weighted by Crippen LogP contribution is 2.21. The minimum absolute atomic E-state index is 0. The first-order valence-electron chi connectivity index (χ1n) is 6.90. The quantitative estimate of drug-likeness (QED) is 0.897. The molecule has 0 spiro atoms. The van der Waals surface area contributed by atoms with E-state index in [9.17, 15) is 4.79 Å². The Labute approximate surface area is 126 Å². The summed E-state index contributed by atoms with van der Waals surface area (Å²) in [5, 5.41) is 6.34. The summed E-state index contributed by atoms with van der Waals surface area (Å²) < 4.78 is 5.36. The van der Waals surface area contributed by atoms with Crippen molar-refractivity contribution in [2.45, 2.75) is 32.7 Å². The normalized spacial score (nSPS) is 18.2. The molecule has 1 heterocycles. The summed E-state index contributed by atoms with van der Waals surface area (Å²) in [4.78, 5) is 12.1. The number of carbonyl (C=O) groups is 1. The Bertz CT molecular complexity index is 445. The standard InChI is InChI=1S/C15H22N2O2.ClH/c1-3-12-6-4-5-11(2)15(12)17-14(18)9-13-10-19-8-7-16-13;/h4-6,13,16H,3,7-10H2,1-2H3,(H,17,18);1H. The van der Waals surface area contributed by atoms with E-state index in [4.69, 9.17) is 4.74 Å². The van der Waals surface area contributed by atoms with Crippen molar-refractivity contribution in [1.29, 1.82) is 0 Å². The molecule has 0 aliphatic carbocycles. The van der Waals surface area contributed by atoms with Gasteiger partial charge in [0.15, 0.2) is 0 Å². The van der Waals surface area contributed by atoms with Gasteiger partial charge in [-0.25, -0.2) is 0 Å². The minimum atomic E-state index is 0. The number of rotatable bonds is 4. The lowest BCUT2D eigenvalue weighted by Crippen LogP contribution is -2.43. The van der Waals surface area contributed by atoms with E-state index < -0.39 is 0 Å². The van der Waals surface area contributed by atoms with Crippen molar-refractivity contribution in [2.75, 3.05) is 25.1 Å². The Kier molecular flexibility index (Phi) is 6.99. The lowest BCUT2D eigenvalue weighted by atomic mass is 10.1. The van der Waals surface area contributed by atoms with E-state index in [0.717, 1.165) is 30.8 Å². The molecule has 20 heavy (non-hydrogen) atoms. The molecule has 1 amide bonds. The van der Waals surface area contributed by atoms with Gasteiger partial charge in [-0.2, -0.15) is 0 Å². The zero-order valence-electron chi connectivity index (χ0n) is 12.1. The summed E-state index contributed by atoms with van der Waals surface area (Å²) in [6, 6.07) is 6.24. The highest BCUT2D eigenvalue weighted by atomic mass is 35.5. The number of hydrogen-bond donors (Lipinski definition) is 2. The first-order chi connectivity index (χ1) is 9.20. The van der Waals surface area contributed by atoms with Crippen LogP contribution in [0.3, 0.4) is 0 Å². The second-order valence-corrected chi connectivity index (χ2v) is 4.94. The molecule has 1 aliphatic heterocycles. The number of morpholine rings is 1. The van der Waals surface area contributed by atoms with Crippen LogP contribution in [0.4, 0.5) is 5.69 Å². The van der Waals surface area contributed by atoms with Crippen molar-refractivity contribution >= 4 is 24.0 Å². The molecule has 0 bridgehead atoms. The number of ether oxygens (including phenoxy) is 1. The van der Waals surface area contributed by atoms with Gasteiger partial charge in [0.1, 0.15) is 0 Å². The van der Waals surface area contributed by atoms with Crippen molar-refractivity contribution in [1.82, 2.24) is 5.32 Å². The fraction of sp³-hybridized carbons (Fsp3) is 0.533. The Morgan fingerprint density at radius 2 is 2.30 bits per heavy atom. The zero-order valence-corrected chi connectivity index (χ0v) is 12.9. The maximum atomic E-state index is 12.1. The Morgan fingerprint density at radius 3 is 2.95 bits per heavy atom. The fourth-order valence-electron chi connectivity index (χ4n) is 2.37. The van der Waals surface area contributed by atoms with Gasteiger partial charge in [0.2, 0.25) is 5.91 Å². The Hall–Kier alpha value is -1.10. The number of anilines is 1. The molecule has 1 saturated heterocycles. The van der Waals surface area contributed by atoms with Crippen LogP contribution in [-0.4, -0.2) is 31.7 Å². The molecule has 4 nitrogen and oxygen atoms in total. The summed E-state index contributed by atoms with van der Waals surface area (Å²) in [7, 11) is 0. The van der Waals surface area contributed by atoms with E-state index in [1.165, 1.54) is 5.56 Å². The monoisotopic (exact) mass is 298 g/mol. The second-order valence-electron chi connectivity index (χ2n) is 4.94. The maximum absolute atomic E-state index is 12.1. The number of carbonyl (C=O) groups excluding carboxylic acids is 1. The molecule has 1 aliphatic rings. The van der Waals surface area contributed by atoms with Gasteiger partial charge in [0, 0.05) is 24.7 Å². The Balaban J connectivity index is 0.00000200. The van der Waals surface area contributed by atoms with E-state index >= 15 is 0 Å². The van der Waals surface area contributed by atoms with Crippen molar-refractivity contribution in [3.63, 3.8) is 0 Å². The van der Waals surface area contributed by atoms with Crippen LogP contribution >= 0.6 is 12.4 Å². The number of amides is 1. The minimum Gasteiger partial charge on any atom is -0.378 e. The average Bonchev–Trinajstić information content (AvgIpc) is 2.42. The third-order valence-corrected chi connectivity index (χ3v) is 3.43. The molecule has 1 aromatic rings. The highest BCUT2D eigenvalue weighted by Gasteiger charge is 2.17. The molecule has 1 fully saturated rings. The molecule has 5 heteroatoms. The van der Waals surface area contributed by atoms with Gasteiger partial charge in [-0.3, -0.25) is 4.79 Å². The molecular weight excluding hydrogens is 276 g/mol. The van der Waals surface area contributed by atoms with Gasteiger partial charge in [0.05, 0.1) is 13.2 Å². The molecule has 0 radical (unpaired) electrons. The molecule has 112 valence electrons. The van der Waals surface area contributed by atoms with E-state index in [1.807, 2.05) is 19.1 Å². The van der Waals surface area contributed by atoms with Gasteiger partial charge in [0.25, 0.3) is 0 Å². The van der Waals surface area contributed by atoms with Crippen molar-refractivity contribution in [3.8, 4) is 0 Å². The van der Waals surface area contributed by atoms with Crippen LogP contribution in [0, 0.1) is 6.92 Å². The van der Waals surface area contributed by atoms with E-state index in [2.05, 4.69) is 23.6 Å². The van der Waals surface area contributed by atoms with Gasteiger partial charge >= 0.3 is 0 Å². The molecule has 1 aromatic carbocycles. The van der Waals surface area contributed by atoms with Gasteiger partial charge in [-0.15, -0.1) is 12.4 Å². The first-order valence-corrected chi connectivity index (χ1v) is 6.90. The van der Waals surface area contributed by atoms with Crippen LogP contribution in [0.1, 0.15) is 24.5 Å². The molecule has 1 unspecified atom stereocenters. The number of aryl methyl sites for hydroxylation is 2. The SMILES string of the molecule is CCc1cccc(C)c1NC(=O)CC1COCCN1.Cl. The molecule has 0 saturated carbocycles. The summed E-state index contributed by atoms with van der Waals surface area (Å²) >= 11 is 0. The summed E-state index contributed by atoms with van der Waals surface area (Å²) in [6.07, 6.45) is 1.37. The van der Waals surface area contributed by atoms with Crippen molar-refractivity contribution in [2.24, 2.45) is 0 Å². The first kappa shape index (κ1) is 17.0. The lowest BCUT2D eigenvalue weighted by Gasteiger charge is -2.23. The van der Waals surface area contributed by atoms with Crippen LogP contribution in [0.25, 0.3) is 0 Å². The predicted molar refractivity (Wildman–Crippen MR) is 83.7 cm³/mol. The van der Waals surface area contributed by atoms with E-state index in [0.29, 0.717) is 13.0 Å². The Morgan fingerprint density at radius 1 is 1.50 bits per heavy atom. The lowest BCUT2D eigenvalue weighted by molar-refractivity contribution is -0.117. The maximum Gasteiger partial charge on any atom is 0.226 e. The molecule has 1 atom stereocenters. The van der Waals surface area contributed by atoms with Gasteiger partial charge in [-0.05, 0) is 24.5 Å². The van der Waals surface area contributed by atoms with Crippen LogP contribution in [0.5, 0.6) is 0 Å². The average molecular weight is 299 g/mol. The number of benzene rings is 1. The number of para-hydroxylation sites is 1. The number of nitrogens with one attached hydrogen (secondary N) is 2. The fourth-order valence-corrected chi connectivity index (χ4v) is 2.37. The second kappa shape index (κ2) is 8.25. The third-order valence-electron chi connectivity index (χ3n) is 3.43. The van der Waals surface area contributed by atoms with Crippen molar-refractivity contribution in [3.05, 3.63) is 29.3 Å². The molecule has 0 aromatic heterocycles. The highest BCUT2D eigenvalue weighted by molar-refractivity contribution is 5.92. The van der Waals surface area contributed by atoms with Gasteiger partial charge < -0.3 is 15.4 Å². The van der Waals surface area contributed by atoms with E-state index in [-0.39, 0.29) is 24.4 Å².